The minimum atomic E-state index is -1.26. The molecule has 5 nitrogen and oxygen atoms in total. The average molecular weight is 447 g/mol. The van der Waals surface area contributed by atoms with E-state index < -0.39 is 17.0 Å². The maximum atomic E-state index is 14.0. The highest BCUT2D eigenvalue weighted by Crippen LogP contribution is 2.72. The topological polar surface area (TPSA) is 76.0 Å². The van der Waals surface area contributed by atoms with Crippen LogP contribution in [0.1, 0.15) is 85.5 Å². The van der Waals surface area contributed by atoms with Crippen LogP contribution in [0.25, 0.3) is 0 Å². The molecule has 6 fully saturated rings. The molecule has 0 amide bonds. The molecular weight excluding hydrogens is 404 g/mol. The third kappa shape index (κ3) is 2.63. The van der Waals surface area contributed by atoms with E-state index in [0.29, 0.717) is 48.9 Å². The highest BCUT2D eigenvalue weighted by atomic mass is 16.8. The Kier molecular flexibility index (Phi) is 4.68. The standard InChI is InChI=1S/C27H42O5/c1-15-7-10-27(31-14-15)16(2)23-25(4)21(13-26(23,30)32-27)19-6-5-17-11-18(28)8-9-24(17,3)20(19)12-22(25)29/h15-21,23,28,30H,5-14H2,1-4H3/t15?,16?,17-,18+,19?,20?,21?,23?,24+,25-,26?,27?/m1/s1. The molecular formula is C27H42O5. The zero-order chi connectivity index (χ0) is 22.7. The zero-order valence-electron chi connectivity index (χ0n) is 20.3. The van der Waals surface area contributed by atoms with Gasteiger partial charge in [0.15, 0.2) is 11.6 Å². The number of hydrogen-bond acceptors (Lipinski definition) is 5. The number of carbonyl (C=O) groups excluding carboxylic acids is 1. The number of carbonyl (C=O) groups is 1. The van der Waals surface area contributed by atoms with Crippen LogP contribution >= 0.6 is 0 Å². The van der Waals surface area contributed by atoms with Crippen molar-refractivity contribution in [2.75, 3.05) is 6.61 Å². The first-order chi connectivity index (χ1) is 15.0. The largest absolute Gasteiger partial charge is 0.393 e. The molecule has 8 unspecified atom stereocenters. The van der Waals surface area contributed by atoms with Crippen molar-refractivity contribution >= 4 is 5.78 Å². The SMILES string of the molecule is CC1CCC2(OC1)OC1(O)CC3C4CC[C@@H]5C[C@@H](O)CC[C@]5(C)C4CC(=O)[C@]3(C)C1C2C. The Bertz CT molecular complexity index is 804. The lowest BCUT2D eigenvalue weighted by molar-refractivity contribution is -0.331. The summed E-state index contributed by atoms with van der Waals surface area (Å²) in [6.45, 7) is 9.57. The molecule has 180 valence electrons. The van der Waals surface area contributed by atoms with E-state index in [4.69, 9.17) is 9.47 Å². The van der Waals surface area contributed by atoms with Crippen LogP contribution in [0.15, 0.2) is 0 Å². The molecule has 12 atom stereocenters. The van der Waals surface area contributed by atoms with Crippen molar-refractivity contribution in [3.05, 3.63) is 0 Å². The van der Waals surface area contributed by atoms with Crippen molar-refractivity contribution < 1.29 is 24.5 Å². The highest BCUT2D eigenvalue weighted by Gasteiger charge is 2.76. The summed E-state index contributed by atoms with van der Waals surface area (Å²) in [5, 5.41) is 22.2. The van der Waals surface area contributed by atoms with Crippen LogP contribution in [0.5, 0.6) is 0 Å². The number of hydrogen-bond donors (Lipinski definition) is 2. The minimum Gasteiger partial charge on any atom is -0.393 e. The van der Waals surface area contributed by atoms with Gasteiger partial charge in [-0.2, -0.15) is 0 Å². The third-order valence-electron chi connectivity index (χ3n) is 11.8. The van der Waals surface area contributed by atoms with Crippen LogP contribution in [0.4, 0.5) is 0 Å². The molecule has 4 aliphatic carbocycles. The quantitative estimate of drug-likeness (QED) is 0.580. The molecule has 4 saturated carbocycles. The third-order valence-corrected chi connectivity index (χ3v) is 11.8. The summed E-state index contributed by atoms with van der Waals surface area (Å²) in [6.07, 6.45) is 7.88. The van der Waals surface area contributed by atoms with E-state index in [1.807, 2.05) is 0 Å². The molecule has 2 N–H and O–H groups in total. The van der Waals surface area contributed by atoms with E-state index in [0.717, 1.165) is 44.9 Å². The molecule has 2 saturated heterocycles. The zero-order valence-corrected chi connectivity index (χ0v) is 20.3. The average Bonchev–Trinajstić information content (AvgIpc) is 3.11. The fourth-order valence-electron chi connectivity index (χ4n) is 10.0. The number of aliphatic hydroxyl groups excluding tert-OH is 1. The minimum absolute atomic E-state index is 0.00672. The predicted octanol–water partition coefficient (Wildman–Crippen LogP) is 4.29. The normalized spacial score (nSPS) is 61.8. The summed E-state index contributed by atoms with van der Waals surface area (Å²) in [7, 11) is 0. The second kappa shape index (κ2) is 6.80. The maximum Gasteiger partial charge on any atom is 0.174 e. The van der Waals surface area contributed by atoms with Gasteiger partial charge in [0.05, 0.1) is 12.7 Å². The van der Waals surface area contributed by atoms with Crippen molar-refractivity contribution in [1.82, 2.24) is 0 Å². The second-order valence-electron chi connectivity index (χ2n) is 13.2. The monoisotopic (exact) mass is 446 g/mol. The molecule has 1 spiro atoms. The number of ether oxygens (including phenoxy) is 2. The molecule has 6 rings (SSSR count). The molecule has 0 radical (unpaired) electrons. The summed E-state index contributed by atoms with van der Waals surface area (Å²) in [5.74, 6) is 0.199. The number of fused-ring (bicyclic) bond motifs is 7. The molecule has 0 bridgehead atoms. The van der Waals surface area contributed by atoms with E-state index in [1.165, 1.54) is 0 Å². The van der Waals surface area contributed by atoms with Gasteiger partial charge >= 0.3 is 0 Å². The van der Waals surface area contributed by atoms with E-state index in [1.54, 1.807) is 0 Å². The number of ketones is 1. The highest BCUT2D eigenvalue weighted by molar-refractivity contribution is 5.87. The van der Waals surface area contributed by atoms with Gasteiger partial charge in [0.1, 0.15) is 5.78 Å². The van der Waals surface area contributed by atoms with Crippen molar-refractivity contribution in [1.29, 1.82) is 0 Å². The fraction of sp³-hybridized carbons (Fsp3) is 0.963. The van der Waals surface area contributed by atoms with Crippen molar-refractivity contribution in [2.45, 2.75) is 103 Å². The van der Waals surface area contributed by atoms with Crippen molar-refractivity contribution in [3.63, 3.8) is 0 Å². The van der Waals surface area contributed by atoms with Gasteiger partial charge in [-0.3, -0.25) is 4.79 Å². The Labute approximate surface area is 192 Å². The summed E-state index contributed by atoms with van der Waals surface area (Å²) < 4.78 is 12.8. The van der Waals surface area contributed by atoms with Crippen LogP contribution in [0.2, 0.25) is 0 Å². The van der Waals surface area contributed by atoms with Gasteiger partial charge in [0.2, 0.25) is 0 Å². The van der Waals surface area contributed by atoms with Gasteiger partial charge < -0.3 is 19.7 Å². The van der Waals surface area contributed by atoms with Gasteiger partial charge in [-0.1, -0.05) is 27.7 Å². The first-order valence-electron chi connectivity index (χ1n) is 13.3. The lowest BCUT2D eigenvalue weighted by Crippen LogP contribution is -2.58. The van der Waals surface area contributed by atoms with Crippen LogP contribution in [0, 0.1) is 52.3 Å². The van der Waals surface area contributed by atoms with Crippen molar-refractivity contribution in [2.24, 2.45) is 52.3 Å². The predicted molar refractivity (Wildman–Crippen MR) is 119 cm³/mol. The fourth-order valence-corrected chi connectivity index (χ4v) is 10.0. The molecule has 0 aromatic carbocycles. The van der Waals surface area contributed by atoms with E-state index in [9.17, 15) is 15.0 Å². The van der Waals surface area contributed by atoms with Gasteiger partial charge in [-0.25, -0.2) is 0 Å². The molecule has 32 heavy (non-hydrogen) atoms. The van der Waals surface area contributed by atoms with E-state index >= 15 is 0 Å². The lowest BCUT2D eigenvalue weighted by Gasteiger charge is -2.60. The number of rotatable bonds is 0. The molecule has 0 aromatic rings. The number of Topliss-reactive ketones (excluding diaryl/α,β-unsaturated/α-hetero) is 1. The second-order valence-corrected chi connectivity index (χ2v) is 13.2. The smallest absolute Gasteiger partial charge is 0.174 e. The maximum absolute atomic E-state index is 14.0. The number of aliphatic hydroxyl groups is 2. The summed E-state index contributed by atoms with van der Waals surface area (Å²) >= 11 is 0. The Hall–Kier alpha value is -0.490. The van der Waals surface area contributed by atoms with Crippen molar-refractivity contribution in [3.8, 4) is 0 Å². The Morgan fingerprint density at radius 3 is 2.53 bits per heavy atom. The molecule has 6 aliphatic rings. The Morgan fingerprint density at radius 1 is 1.03 bits per heavy atom. The van der Waals surface area contributed by atoms with Gasteiger partial charge in [-0.15, -0.1) is 0 Å². The van der Waals surface area contributed by atoms with Crippen LogP contribution in [-0.2, 0) is 14.3 Å². The van der Waals surface area contributed by atoms with Crippen LogP contribution in [0.3, 0.4) is 0 Å². The van der Waals surface area contributed by atoms with Gasteiger partial charge in [0, 0.05) is 36.5 Å². The molecule has 5 heteroatoms. The Balaban J connectivity index is 1.34. The van der Waals surface area contributed by atoms with Gasteiger partial charge in [-0.05, 0) is 73.5 Å². The Morgan fingerprint density at radius 2 is 1.81 bits per heavy atom. The van der Waals surface area contributed by atoms with Crippen LogP contribution in [-0.4, -0.2) is 40.3 Å². The summed E-state index contributed by atoms with van der Waals surface area (Å²) in [4.78, 5) is 14.0. The molecule has 2 aliphatic heterocycles. The molecule has 0 aromatic heterocycles. The molecule has 2 heterocycles. The van der Waals surface area contributed by atoms with E-state index in [-0.39, 0.29) is 29.3 Å². The lowest BCUT2D eigenvalue weighted by atomic mass is 9.44. The van der Waals surface area contributed by atoms with Gasteiger partial charge in [0.25, 0.3) is 0 Å². The first kappa shape index (κ1) is 22.0. The van der Waals surface area contributed by atoms with Crippen LogP contribution < -0.4 is 0 Å². The summed E-state index contributed by atoms with van der Waals surface area (Å²) in [6, 6.07) is 0. The summed E-state index contributed by atoms with van der Waals surface area (Å²) in [5.41, 5.74) is -0.404. The van der Waals surface area contributed by atoms with E-state index in [2.05, 4.69) is 27.7 Å². The first-order valence-corrected chi connectivity index (χ1v) is 13.3.